The van der Waals surface area contributed by atoms with E-state index in [4.69, 9.17) is 21.3 Å². The molecule has 0 saturated heterocycles. The molecule has 5 N–H and O–H groups in total. The molecule has 0 aliphatic carbocycles. The molecule has 2 heterocycles. The van der Waals surface area contributed by atoms with Crippen LogP contribution in [0, 0.1) is 0 Å². The fourth-order valence-electron chi connectivity index (χ4n) is 5.05. The largest absolute Gasteiger partial charge is 0.399 e. The van der Waals surface area contributed by atoms with Crippen LogP contribution in [0.1, 0.15) is 31.4 Å². The number of nitrogens with two attached hydrogens (primary N) is 2. The molecule has 196 valence electrons. The number of aliphatic hydroxyl groups is 1. The number of rotatable bonds is 12. The van der Waals surface area contributed by atoms with Crippen LogP contribution in [0.5, 0.6) is 0 Å². The van der Waals surface area contributed by atoms with Gasteiger partial charge in [0, 0.05) is 41.4 Å². The number of pyridine rings is 1. The summed E-state index contributed by atoms with van der Waals surface area (Å²) in [6.45, 7) is 2.39. The number of hydrogen-bond donors (Lipinski definition) is 3. The molecule has 0 aliphatic heterocycles. The van der Waals surface area contributed by atoms with E-state index >= 15 is 0 Å². The maximum absolute atomic E-state index is 8.83. The van der Waals surface area contributed by atoms with Gasteiger partial charge in [0.05, 0.1) is 36.8 Å². The van der Waals surface area contributed by atoms with Gasteiger partial charge >= 0.3 is 0 Å². The smallest absolute Gasteiger partial charge is 0.220 e. The van der Waals surface area contributed by atoms with Gasteiger partial charge < -0.3 is 21.3 Å². The Balaban J connectivity index is 1.34. The van der Waals surface area contributed by atoms with Gasteiger partial charge in [-0.25, -0.2) is 0 Å². The molecule has 0 atom stereocenters. The van der Waals surface area contributed by atoms with Crippen LogP contribution in [-0.4, -0.2) is 33.3 Å². The van der Waals surface area contributed by atoms with Crippen LogP contribution in [0.3, 0.4) is 0 Å². The first-order chi connectivity index (χ1) is 18.6. The molecule has 0 saturated carbocycles. The molecule has 0 amide bonds. The molecule has 3 aromatic carbocycles. The van der Waals surface area contributed by atoms with Gasteiger partial charge in [-0.2, -0.15) is 4.57 Å². The van der Waals surface area contributed by atoms with E-state index in [2.05, 4.69) is 63.4 Å². The highest BCUT2D eigenvalue weighted by Gasteiger charge is 2.23. The second-order valence-corrected chi connectivity index (χ2v) is 9.61. The van der Waals surface area contributed by atoms with Crippen LogP contribution in [0.4, 0.5) is 11.4 Å². The lowest BCUT2D eigenvalue weighted by molar-refractivity contribution is -0.659. The van der Waals surface area contributed by atoms with Gasteiger partial charge in [-0.1, -0.05) is 35.9 Å². The van der Waals surface area contributed by atoms with Crippen LogP contribution in [0.15, 0.2) is 72.9 Å². The number of nitrogen functional groups attached to an aromatic ring is 2. The molecule has 8 heteroatoms. The Morgan fingerprint density at radius 2 is 1.61 bits per heavy atom. The van der Waals surface area contributed by atoms with Crippen molar-refractivity contribution in [3.05, 3.63) is 78.6 Å². The number of fused-ring (bicyclic) bond motifs is 3. The second kappa shape index (κ2) is 12.0. The Morgan fingerprint density at radius 3 is 2.42 bits per heavy atom. The van der Waals surface area contributed by atoms with Crippen molar-refractivity contribution in [3.63, 3.8) is 0 Å². The number of anilines is 2. The minimum atomic E-state index is 0.00963. The van der Waals surface area contributed by atoms with E-state index in [9.17, 15) is 0 Å². The number of hydrogen-bond acceptors (Lipinski definition) is 6. The summed E-state index contributed by atoms with van der Waals surface area (Å²) in [7, 11) is 0. The van der Waals surface area contributed by atoms with Crippen molar-refractivity contribution in [1.29, 1.82) is 0 Å². The zero-order chi connectivity index (χ0) is 26.3. The predicted molar refractivity (Wildman–Crippen MR) is 151 cm³/mol. The van der Waals surface area contributed by atoms with Crippen LogP contribution in [-0.2, 0) is 24.4 Å². The lowest BCUT2D eigenvalue weighted by atomic mass is 9.98. The molecular weight excluding hydrogens is 476 g/mol. The van der Waals surface area contributed by atoms with Crippen LogP contribution in [0.2, 0.25) is 0 Å². The molecule has 0 bridgehead atoms. The lowest BCUT2D eigenvalue weighted by Crippen LogP contribution is -2.37. The number of aryl methyl sites for hydroxylation is 2. The minimum absolute atomic E-state index is 0.00963. The third-order valence-corrected chi connectivity index (χ3v) is 6.81. The van der Waals surface area contributed by atoms with Crippen LogP contribution in [0.25, 0.3) is 32.9 Å². The molecule has 0 fully saturated rings. The van der Waals surface area contributed by atoms with Crippen LogP contribution < -0.4 is 16.0 Å². The Labute approximate surface area is 222 Å². The second-order valence-electron chi connectivity index (χ2n) is 9.61. The fraction of sp³-hybridized carbons (Fsp3) is 0.300. The molecular formula is C30H35N6O2+. The number of unbranched alkanes of at least 4 members (excludes halogenated alkanes) is 3. The number of aliphatic hydroxyl groups excluding tert-OH is 1. The summed E-state index contributed by atoms with van der Waals surface area (Å²) >= 11 is 0. The number of ether oxygens (including phenoxy) is 1. The Bertz CT molecular complexity index is 1520. The van der Waals surface area contributed by atoms with Gasteiger partial charge in [0.15, 0.2) is 0 Å². The van der Waals surface area contributed by atoms with Gasteiger partial charge in [-0.15, -0.1) is 5.10 Å². The van der Waals surface area contributed by atoms with Crippen LogP contribution >= 0.6 is 0 Å². The zero-order valence-corrected chi connectivity index (χ0v) is 21.6. The van der Waals surface area contributed by atoms with E-state index in [-0.39, 0.29) is 6.61 Å². The fourth-order valence-corrected chi connectivity index (χ4v) is 5.05. The van der Waals surface area contributed by atoms with Crippen molar-refractivity contribution in [2.45, 2.75) is 45.4 Å². The molecule has 0 unspecified atom stereocenters. The Kier molecular flexibility index (Phi) is 8.11. The summed E-state index contributed by atoms with van der Waals surface area (Å²) in [4.78, 5) is 0. The van der Waals surface area contributed by atoms with Gasteiger partial charge in [0.1, 0.15) is 12.2 Å². The molecule has 0 aliphatic rings. The van der Waals surface area contributed by atoms with Gasteiger partial charge in [-0.05, 0) is 49.2 Å². The lowest BCUT2D eigenvalue weighted by Gasteiger charge is -2.13. The molecule has 0 radical (unpaired) electrons. The first-order valence-corrected chi connectivity index (χ1v) is 13.2. The van der Waals surface area contributed by atoms with Crippen molar-refractivity contribution in [1.82, 2.24) is 15.0 Å². The molecule has 5 aromatic rings. The summed E-state index contributed by atoms with van der Waals surface area (Å²) in [6.07, 6.45) is 6.17. The summed E-state index contributed by atoms with van der Waals surface area (Å²) in [5.74, 6) is 0. The van der Waals surface area contributed by atoms with Crippen molar-refractivity contribution in [2.75, 3.05) is 24.7 Å². The first kappa shape index (κ1) is 25.6. The highest BCUT2D eigenvalue weighted by Crippen LogP contribution is 2.33. The van der Waals surface area contributed by atoms with Crippen molar-refractivity contribution >= 4 is 33.1 Å². The molecule has 8 nitrogen and oxygen atoms in total. The molecule has 2 aromatic heterocycles. The zero-order valence-electron chi connectivity index (χ0n) is 21.6. The van der Waals surface area contributed by atoms with Gasteiger partial charge in [0.2, 0.25) is 11.2 Å². The van der Waals surface area contributed by atoms with Crippen molar-refractivity contribution in [3.8, 4) is 11.3 Å². The number of nitrogens with zero attached hydrogens (tertiary/aromatic N) is 4. The quantitative estimate of drug-likeness (QED) is 0.0985. The average Bonchev–Trinajstić information content (AvgIpc) is 3.38. The number of aromatic nitrogens is 4. The predicted octanol–water partition coefficient (Wildman–Crippen LogP) is 4.47. The molecule has 0 spiro atoms. The summed E-state index contributed by atoms with van der Waals surface area (Å²) in [5.41, 5.74) is 18.3. The first-order valence-electron chi connectivity index (χ1n) is 13.2. The van der Waals surface area contributed by atoms with E-state index in [1.54, 1.807) is 0 Å². The van der Waals surface area contributed by atoms with E-state index < -0.39 is 0 Å². The Morgan fingerprint density at radius 1 is 0.842 bits per heavy atom. The summed E-state index contributed by atoms with van der Waals surface area (Å²) < 4.78 is 9.59. The molecule has 38 heavy (non-hydrogen) atoms. The Hall–Kier alpha value is -4.01. The standard InChI is InChI=1S/C30H34N6O2/c31-23-10-12-26-27-13-11-24(32)19-29(27)36(30(28(26)18-23)22-8-4-3-5-9-22)15-7-2-1-6-14-35-20-25(33-34-35)21-38-17-16-37/h3-5,8-13,18-20,32,37H,1-2,6-7,14-17,21,31H2/p+1. The van der Waals surface area contributed by atoms with E-state index in [1.165, 1.54) is 16.5 Å². The molecule has 5 rings (SSSR count). The highest BCUT2D eigenvalue weighted by atomic mass is 16.5. The van der Waals surface area contributed by atoms with Crippen molar-refractivity contribution in [2.24, 2.45) is 0 Å². The van der Waals surface area contributed by atoms with Crippen molar-refractivity contribution < 1.29 is 14.4 Å². The third kappa shape index (κ3) is 5.77. The third-order valence-electron chi connectivity index (χ3n) is 6.81. The maximum atomic E-state index is 8.83. The summed E-state index contributed by atoms with van der Waals surface area (Å²) in [6, 6.07) is 22.9. The minimum Gasteiger partial charge on any atom is -0.399 e. The van der Waals surface area contributed by atoms with E-state index in [1.807, 2.05) is 29.1 Å². The monoisotopic (exact) mass is 511 g/mol. The average molecular weight is 512 g/mol. The van der Waals surface area contributed by atoms with Gasteiger partial charge in [0.25, 0.3) is 0 Å². The maximum Gasteiger partial charge on any atom is 0.220 e. The van der Waals surface area contributed by atoms with E-state index in [0.717, 1.165) is 72.3 Å². The van der Waals surface area contributed by atoms with E-state index in [0.29, 0.717) is 13.2 Å². The SMILES string of the molecule is Nc1ccc2c(c1)c(-c1ccccc1)[n+](CCCCCCn1cc(COCCO)nn1)c1cc(N)ccc21. The summed E-state index contributed by atoms with van der Waals surface area (Å²) in [5, 5.41) is 20.6. The normalized spacial score (nSPS) is 11.5. The topological polar surface area (TPSA) is 116 Å². The highest BCUT2D eigenvalue weighted by molar-refractivity contribution is 6.10. The van der Waals surface area contributed by atoms with Gasteiger partial charge in [-0.3, -0.25) is 4.68 Å². The number of benzene rings is 3.